The van der Waals surface area contributed by atoms with E-state index in [4.69, 9.17) is 9.97 Å². The summed E-state index contributed by atoms with van der Waals surface area (Å²) in [5.74, 6) is 4.92. The summed E-state index contributed by atoms with van der Waals surface area (Å²) in [5.41, 5.74) is 1.36. The monoisotopic (exact) mass is 307 g/mol. The smallest absolute Gasteiger partial charge is 0.141 e. The lowest BCUT2D eigenvalue weighted by atomic mass is 10.1. The van der Waals surface area contributed by atoms with E-state index in [2.05, 4.69) is 32.6 Å². The van der Waals surface area contributed by atoms with Gasteiger partial charge < -0.3 is 4.90 Å². The molecule has 2 aromatic heterocycles. The minimum absolute atomic E-state index is 0.375. The molecule has 1 aliphatic rings. The summed E-state index contributed by atoms with van der Waals surface area (Å²) in [6.07, 6.45) is 0. The quantitative estimate of drug-likeness (QED) is 0.839. The first-order chi connectivity index (χ1) is 9.58. The first-order valence-electron chi connectivity index (χ1n) is 7.18. The van der Waals surface area contributed by atoms with Crippen molar-refractivity contribution in [3.63, 3.8) is 0 Å². The van der Waals surface area contributed by atoms with E-state index in [9.17, 15) is 0 Å². The molecule has 1 saturated heterocycles. The highest BCUT2D eigenvalue weighted by Gasteiger charge is 2.21. The molecule has 2 aromatic rings. The Bertz CT molecular complexity index is 628. The minimum atomic E-state index is 0.375. The average Bonchev–Trinajstić information content (AvgIpc) is 2.74. The predicted octanol–water partition coefficient (Wildman–Crippen LogP) is 3.98. The van der Waals surface area contributed by atoms with Crippen molar-refractivity contribution in [2.24, 2.45) is 0 Å². The number of aromatic nitrogens is 2. The second kappa shape index (κ2) is 5.53. The van der Waals surface area contributed by atoms with Gasteiger partial charge in [-0.25, -0.2) is 9.97 Å². The summed E-state index contributed by atoms with van der Waals surface area (Å²) in [7, 11) is 0. The van der Waals surface area contributed by atoms with Gasteiger partial charge in [-0.1, -0.05) is 13.8 Å². The number of thioether (sulfide) groups is 1. The van der Waals surface area contributed by atoms with Crippen molar-refractivity contribution in [2.45, 2.75) is 33.6 Å². The van der Waals surface area contributed by atoms with Crippen LogP contribution in [0.25, 0.3) is 10.2 Å². The van der Waals surface area contributed by atoms with Crippen LogP contribution >= 0.6 is 23.1 Å². The molecule has 1 aliphatic heterocycles. The minimum Gasteiger partial charge on any atom is -0.354 e. The highest BCUT2D eigenvalue weighted by Crippen LogP contribution is 2.36. The zero-order valence-electron chi connectivity index (χ0n) is 12.6. The normalized spacial score (nSPS) is 16.4. The van der Waals surface area contributed by atoms with Gasteiger partial charge in [-0.2, -0.15) is 11.8 Å². The molecule has 0 N–H and O–H groups in total. The lowest BCUT2D eigenvalue weighted by Gasteiger charge is -2.28. The Kier molecular flexibility index (Phi) is 3.91. The molecule has 3 rings (SSSR count). The van der Waals surface area contributed by atoms with E-state index < -0.39 is 0 Å². The zero-order valence-corrected chi connectivity index (χ0v) is 14.2. The fourth-order valence-electron chi connectivity index (χ4n) is 2.51. The van der Waals surface area contributed by atoms with E-state index in [1.165, 1.54) is 33.2 Å². The van der Waals surface area contributed by atoms with Gasteiger partial charge in [0.05, 0.1) is 5.39 Å². The second-order valence-corrected chi connectivity index (χ2v) is 8.05. The van der Waals surface area contributed by atoms with Crippen molar-refractivity contribution in [3.05, 3.63) is 16.3 Å². The lowest BCUT2D eigenvalue weighted by molar-refractivity contribution is 0.765. The molecule has 5 heteroatoms. The maximum Gasteiger partial charge on any atom is 0.141 e. The van der Waals surface area contributed by atoms with Gasteiger partial charge in [0.1, 0.15) is 16.5 Å². The molecule has 20 heavy (non-hydrogen) atoms. The summed E-state index contributed by atoms with van der Waals surface area (Å²) < 4.78 is 0. The third kappa shape index (κ3) is 2.42. The molecule has 0 aliphatic carbocycles. The summed E-state index contributed by atoms with van der Waals surface area (Å²) in [6, 6.07) is 0. The lowest BCUT2D eigenvalue weighted by Crippen LogP contribution is -2.33. The molecule has 0 spiro atoms. The van der Waals surface area contributed by atoms with Crippen LogP contribution in [0.3, 0.4) is 0 Å². The van der Waals surface area contributed by atoms with E-state index in [-0.39, 0.29) is 0 Å². The summed E-state index contributed by atoms with van der Waals surface area (Å²) >= 11 is 3.84. The van der Waals surface area contributed by atoms with Gasteiger partial charge in [0.2, 0.25) is 0 Å². The second-order valence-electron chi connectivity index (χ2n) is 5.62. The standard InChI is InChI=1S/C15H21N3S2/c1-9(2)13-16-14(18-5-7-19-8-6-18)12-10(3)11(4)20-15(12)17-13/h9H,5-8H2,1-4H3. The maximum absolute atomic E-state index is 4.91. The largest absolute Gasteiger partial charge is 0.354 e. The van der Waals surface area contributed by atoms with E-state index in [1.54, 1.807) is 11.3 Å². The molecule has 0 atom stereocenters. The number of thiophene rings is 1. The summed E-state index contributed by atoms with van der Waals surface area (Å²) in [5, 5.41) is 1.28. The third-order valence-corrected chi connectivity index (χ3v) is 5.90. The molecule has 0 radical (unpaired) electrons. The summed E-state index contributed by atoms with van der Waals surface area (Å²) in [6.45, 7) is 10.9. The highest BCUT2D eigenvalue weighted by atomic mass is 32.2. The Morgan fingerprint density at radius 1 is 1.10 bits per heavy atom. The molecule has 0 bridgehead atoms. The Balaban J connectivity index is 2.20. The Hall–Kier alpha value is -0.810. The summed E-state index contributed by atoms with van der Waals surface area (Å²) in [4.78, 5) is 14.7. The highest BCUT2D eigenvalue weighted by molar-refractivity contribution is 7.99. The van der Waals surface area contributed by atoms with Crippen LogP contribution in [0, 0.1) is 13.8 Å². The van der Waals surface area contributed by atoms with E-state index in [0.717, 1.165) is 23.7 Å². The Labute approximate surface area is 128 Å². The van der Waals surface area contributed by atoms with Crippen LogP contribution in [0.5, 0.6) is 0 Å². The Morgan fingerprint density at radius 2 is 1.80 bits per heavy atom. The zero-order chi connectivity index (χ0) is 14.3. The topological polar surface area (TPSA) is 29.0 Å². The van der Waals surface area contributed by atoms with Gasteiger partial charge in [-0.3, -0.25) is 0 Å². The van der Waals surface area contributed by atoms with Crippen LogP contribution in [0.4, 0.5) is 5.82 Å². The molecule has 3 heterocycles. The van der Waals surface area contributed by atoms with Crippen LogP contribution in [-0.4, -0.2) is 34.6 Å². The number of hydrogen-bond donors (Lipinski definition) is 0. The van der Waals surface area contributed by atoms with Gasteiger partial charge in [-0.05, 0) is 19.4 Å². The Morgan fingerprint density at radius 3 is 2.45 bits per heavy atom. The van der Waals surface area contributed by atoms with Crippen molar-refractivity contribution in [3.8, 4) is 0 Å². The van der Waals surface area contributed by atoms with Gasteiger partial charge >= 0.3 is 0 Å². The van der Waals surface area contributed by atoms with E-state index in [0.29, 0.717) is 5.92 Å². The number of nitrogens with zero attached hydrogens (tertiary/aromatic N) is 3. The molecular formula is C15H21N3S2. The molecule has 1 fully saturated rings. The van der Waals surface area contributed by atoms with Crippen LogP contribution in [0.1, 0.15) is 36.0 Å². The third-order valence-electron chi connectivity index (χ3n) is 3.85. The van der Waals surface area contributed by atoms with Crippen LogP contribution < -0.4 is 4.90 Å². The SMILES string of the molecule is Cc1sc2nc(C(C)C)nc(N3CCSCC3)c2c1C. The molecule has 0 saturated carbocycles. The number of fused-ring (bicyclic) bond motifs is 1. The average molecular weight is 307 g/mol. The van der Waals surface area contributed by atoms with Crippen molar-refractivity contribution in [1.29, 1.82) is 0 Å². The first kappa shape index (κ1) is 14.1. The fraction of sp³-hybridized carbons (Fsp3) is 0.600. The molecule has 0 unspecified atom stereocenters. The van der Waals surface area contributed by atoms with Crippen molar-refractivity contribution < 1.29 is 0 Å². The number of hydrogen-bond acceptors (Lipinski definition) is 5. The predicted molar refractivity (Wildman–Crippen MR) is 90.5 cm³/mol. The van der Waals surface area contributed by atoms with Crippen LogP contribution in [-0.2, 0) is 0 Å². The van der Waals surface area contributed by atoms with Crippen molar-refractivity contribution >= 4 is 39.1 Å². The molecule has 0 aromatic carbocycles. The first-order valence-corrected chi connectivity index (χ1v) is 9.15. The molecule has 108 valence electrons. The van der Waals surface area contributed by atoms with Crippen LogP contribution in [0.15, 0.2) is 0 Å². The number of rotatable bonds is 2. The molecule has 0 amide bonds. The van der Waals surface area contributed by atoms with Crippen LogP contribution in [0.2, 0.25) is 0 Å². The molecule has 3 nitrogen and oxygen atoms in total. The van der Waals surface area contributed by atoms with Gasteiger partial charge in [0, 0.05) is 35.4 Å². The van der Waals surface area contributed by atoms with E-state index in [1.807, 2.05) is 11.8 Å². The number of aryl methyl sites for hydroxylation is 2. The van der Waals surface area contributed by atoms with E-state index >= 15 is 0 Å². The maximum atomic E-state index is 4.91. The molecular weight excluding hydrogens is 286 g/mol. The van der Waals surface area contributed by atoms with Gasteiger partial charge in [0.25, 0.3) is 0 Å². The fourth-order valence-corrected chi connectivity index (χ4v) is 4.44. The van der Waals surface area contributed by atoms with Gasteiger partial charge in [0.15, 0.2) is 0 Å². The van der Waals surface area contributed by atoms with Gasteiger partial charge in [-0.15, -0.1) is 11.3 Å². The number of anilines is 1. The van der Waals surface area contributed by atoms with Crippen molar-refractivity contribution in [2.75, 3.05) is 29.5 Å². The van der Waals surface area contributed by atoms with Crippen molar-refractivity contribution in [1.82, 2.24) is 9.97 Å².